The van der Waals surface area contributed by atoms with Crippen molar-refractivity contribution in [1.82, 2.24) is 15.5 Å². The summed E-state index contributed by atoms with van der Waals surface area (Å²) in [4.78, 5) is 18.2. The fourth-order valence-corrected chi connectivity index (χ4v) is 2.26. The van der Waals surface area contributed by atoms with E-state index in [1.54, 1.807) is 7.11 Å². The zero-order valence-corrected chi connectivity index (χ0v) is 16.4. The molecule has 0 aromatic heterocycles. The molecule has 0 atom stereocenters. The highest BCUT2D eigenvalue weighted by Gasteiger charge is 2.15. The number of hydrogen-bond donors (Lipinski definition) is 3. The maximum atomic E-state index is 13.6. The van der Waals surface area contributed by atoms with Crippen LogP contribution in [0.2, 0.25) is 0 Å². The number of guanidine groups is 1. The number of benzene rings is 1. The van der Waals surface area contributed by atoms with Crippen molar-refractivity contribution in [2.45, 2.75) is 13.3 Å². The van der Waals surface area contributed by atoms with E-state index in [1.165, 1.54) is 0 Å². The van der Waals surface area contributed by atoms with Gasteiger partial charge in [-0.2, -0.15) is 0 Å². The average Bonchev–Trinajstić information content (AvgIpc) is 2.67. The lowest BCUT2D eigenvalue weighted by atomic mass is 10.3. The number of anilines is 1. The molecule has 0 unspecified atom stereocenters. The van der Waals surface area contributed by atoms with Gasteiger partial charge in [-0.3, -0.25) is 4.79 Å². The third kappa shape index (κ3) is 8.57. The number of likely N-dealkylation sites (N-methyl/N-ethyl adjacent to an activating group) is 1. The molecule has 0 aliphatic heterocycles. The molecule has 0 aliphatic rings. The van der Waals surface area contributed by atoms with Gasteiger partial charge in [-0.05, 0) is 32.5 Å². The Morgan fingerprint density at radius 2 is 1.93 bits per heavy atom. The first-order valence-corrected chi connectivity index (χ1v) is 9.02. The van der Waals surface area contributed by atoms with Gasteiger partial charge in [0.25, 0.3) is 0 Å². The largest absolute Gasteiger partial charge is 0.385 e. The molecule has 7 nitrogen and oxygen atoms in total. The summed E-state index contributed by atoms with van der Waals surface area (Å²) in [5.41, 5.74) is -0.435. The maximum Gasteiger partial charge on any atom is 0.246 e. The zero-order chi connectivity index (χ0) is 20.9. The Labute approximate surface area is 163 Å². The molecule has 1 rings (SSSR count). The van der Waals surface area contributed by atoms with Gasteiger partial charge in [-0.25, -0.2) is 18.2 Å². The van der Waals surface area contributed by atoms with E-state index in [-0.39, 0.29) is 6.54 Å². The molecule has 10 heteroatoms. The number of carbonyl (C=O) groups is 1. The SMILES string of the molecule is CCNC(=NCC(=O)Nc1ccc(F)c(F)c1F)NCCN(C)CCCOC. The monoisotopic (exact) mass is 403 g/mol. The van der Waals surface area contributed by atoms with Gasteiger partial charge in [-0.15, -0.1) is 0 Å². The van der Waals surface area contributed by atoms with Gasteiger partial charge in [-0.1, -0.05) is 0 Å². The smallest absolute Gasteiger partial charge is 0.246 e. The molecule has 1 amide bonds. The molecule has 0 saturated heterocycles. The summed E-state index contributed by atoms with van der Waals surface area (Å²) in [6.45, 7) is 5.13. The number of nitrogens with zero attached hydrogens (tertiary/aromatic N) is 2. The molecule has 0 spiro atoms. The summed E-state index contributed by atoms with van der Waals surface area (Å²) in [7, 11) is 3.66. The first-order chi connectivity index (χ1) is 13.4. The van der Waals surface area contributed by atoms with E-state index in [9.17, 15) is 18.0 Å². The van der Waals surface area contributed by atoms with Gasteiger partial charge >= 0.3 is 0 Å². The van der Waals surface area contributed by atoms with Gasteiger partial charge in [0.1, 0.15) is 6.54 Å². The number of aliphatic imine (C=N–C) groups is 1. The second-order valence-corrected chi connectivity index (χ2v) is 6.04. The molecular formula is C18H28F3N5O2. The standard InChI is InChI=1S/C18H28F3N5O2/c1-4-22-18(23-8-10-26(2)9-5-11-28-3)24-12-15(27)25-14-7-6-13(19)16(20)17(14)21/h6-7H,4-5,8-12H2,1-3H3,(H,25,27)(H2,22,23,24). The van der Waals surface area contributed by atoms with Gasteiger partial charge < -0.3 is 25.6 Å². The normalized spacial score (nSPS) is 11.6. The summed E-state index contributed by atoms with van der Waals surface area (Å²) >= 11 is 0. The number of nitrogens with one attached hydrogen (secondary N) is 3. The lowest BCUT2D eigenvalue weighted by molar-refractivity contribution is -0.114. The van der Waals surface area contributed by atoms with Crippen molar-refractivity contribution in [2.75, 3.05) is 58.8 Å². The van der Waals surface area contributed by atoms with Crippen molar-refractivity contribution >= 4 is 17.6 Å². The number of ether oxygens (including phenoxy) is 1. The van der Waals surface area contributed by atoms with Crippen molar-refractivity contribution in [1.29, 1.82) is 0 Å². The Bertz CT molecular complexity index is 658. The minimum Gasteiger partial charge on any atom is -0.385 e. The van der Waals surface area contributed by atoms with E-state index in [0.717, 1.165) is 31.6 Å². The second kappa shape index (κ2) is 12.9. The lowest BCUT2D eigenvalue weighted by Gasteiger charge is -2.18. The first kappa shape index (κ1) is 23.7. The summed E-state index contributed by atoms with van der Waals surface area (Å²) in [6.07, 6.45) is 0.932. The Morgan fingerprint density at radius 3 is 2.61 bits per heavy atom. The number of amides is 1. The van der Waals surface area contributed by atoms with Gasteiger partial charge in [0.2, 0.25) is 5.91 Å². The number of halogens is 3. The van der Waals surface area contributed by atoms with Crippen molar-refractivity contribution in [2.24, 2.45) is 4.99 Å². The number of carbonyl (C=O) groups excluding carboxylic acids is 1. The predicted molar refractivity (Wildman–Crippen MR) is 103 cm³/mol. The third-order valence-corrected chi connectivity index (χ3v) is 3.71. The maximum absolute atomic E-state index is 13.6. The van der Waals surface area contributed by atoms with Gasteiger partial charge in [0.05, 0.1) is 5.69 Å². The lowest BCUT2D eigenvalue weighted by Crippen LogP contribution is -2.41. The number of rotatable bonds is 11. The highest BCUT2D eigenvalue weighted by molar-refractivity contribution is 5.94. The minimum atomic E-state index is -1.63. The molecule has 3 N–H and O–H groups in total. The minimum absolute atomic E-state index is 0.308. The second-order valence-electron chi connectivity index (χ2n) is 6.04. The van der Waals surface area contributed by atoms with Crippen LogP contribution in [0.15, 0.2) is 17.1 Å². The quantitative estimate of drug-likeness (QED) is 0.226. The zero-order valence-electron chi connectivity index (χ0n) is 16.4. The van der Waals surface area contributed by atoms with E-state index in [2.05, 4.69) is 25.8 Å². The van der Waals surface area contributed by atoms with Crippen molar-refractivity contribution in [3.05, 3.63) is 29.6 Å². The summed E-state index contributed by atoms with van der Waals surface area (Å²) in [5.74, 6) is -4.63. The highest BCUT2D eigenvalue weighted by Crippen LogP contribution is 2.19. The Hall–Kier alpha value is -2.33. The van der Waals surface area contributed by atoms with E-state index in [0.29, 0.717) is 25.7 Å². The fourth-order valence-electron chi connectivity index (χ4n) is 2.26. The fraction of sp³-hybridized carbons (Fsp3) is 0.556. The molecule has 0 fully saturated rings. The highest BCUT2D eigenvalue weighted by atomic mass is 19.2. The average molecular weight is 403 g/mol. The van der Waals surface area contributed by atoms with E-state index >= 15 is 0 Å². The van der Waals surface area contributed by atoms with E-state index in [4.69, 9.17) is 4.74 Å². The van der Waals surface area contributed by atoms with Crippen LogP contribution in [0.5, 0.6) is 0 Å². The molecule has 0 heterocycles. The number of hydrogen-bond acceptors (Lipinski definition) is 4. The molecule has 158 valence electrons. The third-order valence-electron chi connectivity index (χ3n) is 3.71. The topological polar surface area (TPSA) is 78.0 Å². The van der Waals surface area contributed by atoms with Crippen molar-refractivity contribution in [3.63, 3.8) is 0 Å². The molecule has 1 aromatic carbocycles. The van der Waals surface area contributed by atoms with Crippen LogP contribution < -0.4 is 16.0 Å². The Balaban J connectivity index is 2.50. The van der Waals surface area contributed by atoms with Gasteiger partial charge in [0.15, 0.2) is 23.4 Å². The van der Waals surface area contributed by atoms with Crippen LogP contribution in [0.4, 0.5) is 18.9 Å². The molecule has 0 radical (unpaired) electrons. The van der Waals surface area contributed by atoms with Crippen LogP contribution in [0.1, 0.15) is 13.3 Å². The molecular weight excluding hydrogens is 375 g/mol. The van der Waals surface area contributed by atoms with E-state index in [1.807, 2.05) is 14.0 Å². The summed E-state index contributed by atoms with van der Waals surface area (Å²) < 4.78 is 44.7. The van der Waals surface area contributed by atoms with Crippen LogP contribution in [0, 0.1) is 17.5 Å². The van der Waals surface area contributed by atoms with Crippen LogP contribution in [0.25, 0.3) is 0 Å². The summed E-state index contributed by atoms with van der Waals surface area (Å²) in [5, 5.41) is 8.26. The predicted octanol–water partition coefficient (Wildman–Crippen LogP) is 1.57. The van der Waals surface area contributed by atoms with Crippen LogP contribution in [-0.2, 0) is 9.53 Å². The van der Waals surface area contributed by atoms with Crippen LogP contribution >= 0.6 is 0 Å². The first-order valence-electron chi connectivity index (χ1n) is 9.02. The Kier molecular flexibility index (Phi) is 11.0. The van der Waals surface area contributed by atoms with E-state index < -0.39 is 29.0 Å². The molecule has 0 aliphatic carbocycles. The van der Waals surface area contributed by atoms with Crippen molar-refractivity contribution < 1.29 is 22.7 Å². The number of methoxy groups -OCH3 is 1. The molecule has 1 aromatic rings. The van der Waals surface area contributed by atoms with Crippen LogP contribution in [-0.4, -0.2) is 70.3 Å². The van der Waals surface area contributed by atoms with Crippen LogP contribution in [0.3, 0.4) is 0 Å². The molecule has 0 bridgehead atoms. The Morgan fingerprint density at radius 1 is 1.18 bits per heavy atom. The molecule has 28 heavy (non-hydrogen) atoms. The van der Waals surface area contributed by atoms with Crippen molar-refractivity contribution in [3.8, 4) is 0 Å². The van der Waals surface area contributed by atoms with Gasteiger partial charge in [0, 0.05) is 39.9 Å². The molecule has 0 saturated carbocycles. The summed E-state index contributed by atoms with van der Waals surface area (Å²) in [6, 6.07) is 1.70.